The summed E-state index contributed by atoms with van der Waals surface area (Å²) in [7, 11) is 0.365. The molecule has 2 fully saturated rings. The van der Waals surface area contributed by atoms with E-state index >= 15 is 0 Å². The lowest BCUT2D eigenvalue weighted by Gasteiger charge is -2.28. The number of rotatable bonds is 13. The van der Waals surface area contributed by atoms with E-state index in [1.165, 1.54) is 12.8 Å². The Bertz CT molecular complexity index is 1490. The van der Waals surface area contributed by atoms with Gasteiger partial charge in [-0.05, 0) is 75.6 Å². The number of ether oxygens (including phenoxy) is 3. The van der Waals surface area contributed by atoms with Crippen LogP contribution in [-0.4, -0.2) is 67.1 Å². The summed E-state index contributed by atoms with van der Waals surface area (Å²) >= 11 is 0. The Labute approximate surface area is 260 Å². The summed E-state index contributed by atoms with van der Waals surface area (Å²) in [5.74, 6) is 1.88. The van der Waals surface area contributed by atoms with Crippen LogP contribution in [0.1, 0.15) is 54.6 Å². The van der Waals surface area contributed by atoms with Gasteiger partial charge in [-0.2, -0.15) is 0 Å². The molecule has 2 aromatic heterocycles. The number of carbonyl (C=O) groups excluding carboxylic acids is 1. The maximum atomic E-state index is 13.9. The third-order valence-electron chi connectivity index (χ3n) is 8.68. The monoisotopic (exact) mass is 622 g/mol. The number of hydrogen-bond acceptors (Lipinski definition) is 6. The number of pyridine rings is 1. The number of hydrogen-bond donors (Lipinski definition) is 3. The first-order valence-corrected chi connectivity index (χ1v) is 19.4. The zero-order chi connectivity index (χ0) is 31.4. The van der Waals surface area contributed by atoms with Gasteiger partial charge >= 0.3 is 6.09 Å². The summed E-state index contributed by atoms with van der Waals surface area (Å²) in [6.07, 6.45) is 5.91. The molecule has 0 bridgehead atoms. The second-order valence-corrected chi connectivity index (χ2v) is 19.0. The molecule has 0 atom stereocenters. The lowest BCUT2D eigenvalue weighted by molar-refractivity contribution is 0.0878. The number of nitrogens with one attached hydrogen (secondary N) is 2. The number of methoxy groups -OCH3 is 1. The van der Waals surface area contributed by atoms with Crippen LogP contribution in [0.25, 0.3) is 22.2 Å². The fraction of sp³-hybridized carbons (Fsp3) is 0.545. The molecule has 0 radical (unpaired) electrons. The van der Waals surface area contributed by atoms with Gasteiger partial charge in [0.15, 0.2) is 0 Å². The topological polar surface area (TPSA) is 124 Å². The highest BCUT2D eigenvalue weighted by Gasteiger charge is 2.29. The van der Waals surface area contributed by atoms with E-state index in [9.17, 15) is 9.59 Å². The molecule has 0 aliphatic heterocycles. The minimum atomic E-state index is -1.28. The fourth-order valence-corrected chi connectivity index (χ4v) is 6.60. The van der Waals surface area contributed by atoms with Crippen molar-refractivity contribution in [1.82, 2.24) is 20.2 Å². The van der Waals surface area contributed by atoms with Gasteiger partial charge < -0.3 is 34.5 Å². The molecule has 0 spiro atoms. The van der Waals surface area contributed by atoms with Crippen molar-refractivity contribution in [3.63, 3.8) is 0 Å². The van der Waals surface area contributed by atoms with Crippen molar-refractivity contribution in [2.75, 3.05) is 20.3 Å². The van der Waals surface area contributed by atoms with E-state index in [0.717, 1.165) is 39.9 Å². The van der Waals surface area contributed by atoms with E-state index in [-0.39, 0.29) is 18.0 Å². The van der Waals surface area contributed by atoms with E-state index in [4.69, 9.17) is 24.3 Å². The lowest BCUT2D eigenvalue weighted by atomic mass is 9.91. The van der Waals surface area contributed by atoms with E-state index in [2.05, 4.69) is 34.8 Å². The third-order valence-corrected chi connectivity index (χ3v) is 10.4. The van der Waals surface area contributed by atoms with Gasteiger partial charge in [0.25, 0.3) is 5.91 Å². The molecule has 2 aliphatic rings. The van der Waals surface area contributed by atoms with E-state index < -0.39 is 14.2 Å². The maximum absolute atomic E-state index is 13.9. The average Bonchev–Trinajstić information content (AvgIpc) is 3.76. The van der Waals surface area contributed by atoms with Crippen LogP contribution in [0.5, 0.6) is 11.5 Å². The molecule has 238 valence electrons. The Morgan fingerprint density at radius 1 is 1.02 bits per heavy atom. The van der Waals surface area contributed by atoms with E-state index in [1.807, 2.05) is 31.2 Å². The summed E-state index contributed by atoms with van der Waals surface area (Å²) in [4.78, 5) is 29.7. The predicted molar refractivity (Wildman–Crippen MR) is 173 cm³/mol. The maximum Gasteiger partial charge on any atom is 0.404 e. The zero-order valence-electron chi connectivity index (χ0n) is 26.6. The van der Waals surface area contributed by atoms with Crippen LogP contribution in [0.15, 0.2) is 30.5 Å². The van der Waals surface area contributed by atoms with Crippen LogP contribution in [0.4, 0.5) is 4.79 Å². The molecule has 2 amide bonds. The van der Waals surface area contributed by atoms with Gasteiger partial charge in [0.2, 0.25) is 0 Å². The summed E-state index contributed by atoms with van der Waals surface area (Å²) < 4.78 is 20.2. The normalized spacial score (nSPS) is 18.7. The van der Waals surface area contributed by atoms with Gasteiger partial charge in [0.1, 0.15) is 23.7 Å². The zero-order valence-corrected chi connectivity index (χ0v) is 27.6. The van der Waals surface area contributed by atoms with E-state index in [0.29, 0.717) is 62.6 Å². The molecule has 2 saturated carbocycles. The Kier molecular flexibility index (Phi) is 9.84. The van der Waals surface area contributed by atoms with Crippen LogP contribution in [0.2, 0.25) is 25.7 Å². The average molecular weight is 623 g/mol. The first-order valence-electron chi connectivity index (χ1n) is 15.7. The molecule has 44 heavy (non-hydrogen) atoms. The van der Waals surface area contributed by atoms with Crippen LogP contribution >= 0.6 is 0 Å². The molecule has 0 unspecified atom stereocenters. The van der Waals surface area contributed by atoms with Crippen LogP contribution in [-0.2, 0) is 11.5 Å². The second kappa shape index (κ2) is 13.6. The number of benzene rings is 1. The highest BCUT2D eigenvalue weighted by Crippen LogP contribution is 2.40. The Hall–Kier alpha value is -3.57. The smallest absolute Gasteiger partial charge is 0.404 e. The largest absolute Gasteiger partial charge is 0.497 e. The van der Waals surface area contributed by atoms with E-state index in [1.54, 1.807) is 13.3 Å². The molecule has 1 aromatic carbocycles. The van der Waals surface area contributed by atoms with Crippen LogP contribution in [0.3, 0.4) is 0 Å². The number of carbonyl (C=O) groups is 2. The highest BCUT2D eigenvalue weighted by atomic mass is 28.3. The third kappa shape index (κ3) is 7.73. The first kappa shape index (κ1) is 31.8. The number of fused-ring (bicyclic) bond motifs is 1. The molecule has 5 rings (SSSR count). The molecule has 11 heteroatoms. The minimum absolute atomic E-state index is 0.0349. The van der Waals surface area contributed by atoms with Gasteiger partial charge in [-0.1, -0.05) is 19.6 Å². The molecule has 10 nitrogen and oxygen atoms in total. The Morgan fingerprint density at radius 2 is 1.73 bits per heavy atom. The summed E-state index contributed by atoms with van der Waals surface area (Å²) in [6, 6.07) is 8.77. The van der Waals surface area contributed by atoms with Gasteiger partial charge in [-0.15, -0.1) is 0 Å². The molecule has 0 saturated heterocycles. The van der Waals surface area contributed by atoms with Gasteiger partial charge in [0, 0.05) is 55.8 Å². The minimum Gasteiger partial charge on any atom is -0.497 e. The van der Waals surface area contributed by atoms with Crippen molar-refractivity contribution in [2.24, 2.45) is 5.92 Å². The number of aromatic nitrogens is 2. The lowest BCUT2D eigenvalue weighted by Crippen LogP contribution is -2.43. The van der Waals surface area contributed by atoms with Crippen LogP contribution < -0.4 is 20.1 Å². The molecular weight excluding hydrogens is 576 g/mol. The van der Waals surface area contributed by atoms with Gasteiger partial charge in [0.05, 0.1) is 24.8 Å². The number of nitrogens with zero attached hydrogens (tertiary/aromatic N) is 2. The predicted octanol–water partition coefficient (Wildman–Crippen LogP) is 6.43. The van der Waals surface area contributed by atoms with Crippen molar-refractivity contribution in [2.45, 2.75) is 89.9 Å². The van der Waals surface area contributed by atoms with Crippen molar-refractivity contribution in [1.29, 1.82) is 0 Å². The second-order valence-electron chi connectivity index (χ2n) is 13.4. The Morgan fingerprint density at radius 3 is 2.36 bits per heavy atom. The summed E-state index contributed by atoms with van der Waals surface area (Å²) in [6.45, 7) is 10.6. The van der Waals surface area contributed by atoms with Crippen molar-refractivity contribution >= 4 is 31.1 Å². The number of amides is 2. The highest BCUT2D eigenvalue weighted by molar-refractivity contribution is 6.76. The Balaban J connectivity index is 1.50. The SMILES string of the molecule is COc1ccc(-c2ccnc3c(C(=O)N[C@H]4CC[C@@H](NC(=O)O)CC4)c(C)n(COCC[Si](C)(C)C)c23)c(OCC2CC2)c1. The van der Waals surface area contributed by atoms with Gasteiger partial charge in [-0.3, -0.25) is 9.78 Å². The number of carboxylic acid groups (broad SMARTS) is 1. The molecule has 2 heterocycles. The van der Waals surface area contributed by atoms with Crippen molar-refractivity contribution in [3.05, 3.63) is 41.7 Å². The first-order chi connectivity index (χ1) is 21.0. The van der Waals surface area contributed by atoms with Crippen molar-refractivity contribution < 1.29 is 28.9 Å². The van der Waals surface area contributed by atoms with Crippen LogP contribution in [0, 0.1) is 12.8 Å². The van der Waals surface area contributed by atoms with Crippen molar-refractivity contribution in [3.8, 4) is 22.6 Å². The molecule has 3 N–H and O–H groups in total. The summed E-state index contributed by atoms with van der Waals surface area (Å²) in [5, 5.41) is 14.9. The standard InChI is InChI=1S/C33H46N4O6Si/c1-21-29(32(38)35-23-8-10-24(11-9-23)36-33(39)40)30-31(37(21)20-42-16-17-44(3,4)5)27(14-15-34-30)26-13-12-25(41-2)18-28(26)43-19-22-6-7-22/h12-15,18,22-24,36H,6-11,16-17,19-20H2,1-5H3,(H,35,38)(H,39,40)/t23-,24+. The molecule has 3 aromatic rings. The molecule has 2 aliphatic carbocycles. The quantitative estimate of drug-likeness (QED) is 0.148. The summed E-state index contributed by atoms with van der Waals surface area (Å²) in [5.41, 5.74) is 4.61. The van der Waals surface area contributed by atoms with Gasteiger partial charge in [-0.25, -0.2) is 4.79 Å². The molecular formula is C33H46N4O6Si. The fourth-order valence-electron chi connectivity index (χ4n) is 5.85.